The van der Waals surface area contributed by atoms with Gasteiger partial charge in [0.2, 0.25) is 0 Å². The van der Waals surface area contributed by atoms with E-state index in [-0.39, 0.29) is 18.3 Å². The molecule has 8 heteroatoms. The fraction of sp³-hybridized carbons (Fsp3) is 0.778. The van der Waals surface area contributed by atoms with Gasteiger partial charge in [-0.2, -0.15) is 0 Å². The number of carboxylic acid groups (broad SMARTS) is 4. The minimum atomic E-state index is -1.71. The third-order valence-corrected chi connectivity index (χ3v) is 4.96. The molecule has 0 aliphatic heterocycles. The lowest BCUT2D eigenvalue weighted by Gasteiger charge is -2.48. The van der Waals surface area contributed by atoms with Crippen molar-refractivity contribution in [1.29, 1.82) is 0 Å². The summed E-state index contributed by atoms with van der Waals surface area (Å²) in [5.41, 5.74) is -2.44. The molecule has 0 aliphatic rings. The van der Waals surface area contributed by atoms with Crippen LogP contribution in [0.5, 0.6) is 0 Å². The van der Waals surface area contributed by atoms with Gasteiger partial charge in [-0.3, -0.25) is 19.2 Å². The van der Waals surface area contributed by atoms with Crippen LogP contribution in [0.25, 0.3) is 0 Å². The Hall–Kier alpha value is -2.12. The molecule has 0 amide bonds. The van der Waals surface area contributed by atoms with E-state index < -0.39 is 41.1 Å². The van der Waals surface area contributed by atoms with Crippen molar-refractivity contribution >= 4 is 23.9 Å². The zero-order chi connectivity index (χ0) is 21.3. The van der Waals surface area contributed by atoms with Crippen LogP contribution in [0, 0.1) is 22.7 Å². The highest BCUT2D eigenvalue weighted by molar-refractivity contribution is 5.99. The second-order valence-electron chi connectivity index (χ2n) is 7.10. The molecule has 0 heterocycles. The largest absolute Gasteiger partial charge is 0.481 e. The monoisotopic (exact) mass is 376 g/mol. The molecule has 0 aromatic carbocycles. The van der Waals surface area contributed by atoms with Crippen molar-refractivity contribution in [2.45, 2.75) is 67.2 Å². The molecule has 0 rings (SSSR count). The van der Waals surface area contributed by atoms with Gasteiger partial charge >= 0.3 is 23.9 Å². The smallest absolute Gasteiger partial charge is 0.321 e. The summed E-state index contributed by atoms with van der Waals surface area (Å²) in [4.78, 5) is 42.6. The molecule has 26 heavy (non-hydrogen) atoms. The first kappa shape index (κ1) is 26.1. The lowest BCUT2D eigenvalue weighted by Crippen LogP contribution is -2.56. The van der Waals surface area contributed by atoms with Crippen molar-refractivity contribution in [2.24, 2.45) is 22.7 Å². The molecule has 0 aromatic rings. The normalized spacial score (nSPS) is 11.7. The van der Waals surface area contributed by atoms with E-state index in [1.807, 2.05) is 41.5 Å². The van der Waals surface area contributed by atoms with Crippen LogP contribution in [-0.2, 0) is 19.2 Å². The van der Waals surface area contributed by atoms with Crippen LogP contribution in [0.2, 0.25) is 0 Å². The van der Waals surface area contributed by atoms with Crippen LogP contribution in [0.3, 0.4) is 0 Å². The topological polar surface area (TPSA) is 149 Å². The molecule has 0 radical (unpaired) electrons. The molecule has 0 fully saturated rings. The summed E-state index contributed by atoms with van der Waals surface area (Å²) in [7, 11) is 0. The second kappa shape index (κ2) is 10.8. The predicted molar refractivity (Wildman–Crippen MR) is 94.9 cm³/mol. The van der Waals surface area contributed by atoms with E-state index in [4.69, 9.17) is 10.2 Å². The molecule has 0 aliphatic carbocycles. The zero-order valence-electron chi connectivity index (χ0n) is 16.4. The minimum absolute atomic E-state index is 0.00606. The van der Waals surface area contributed by atoms with Crippen LogP contribution >= 0.6 is 0 Å². The molecule has 0 spiro atoms. The molecule has 0 saturated heterocycles. The highest BCUT2D eigenvalue weighted by atomic mass is 16.4. The zero-order valence-corrected chi connectivity index (χ0v) is 16.4. The Bertz CT molecular complexity index is 477. The summed E-state index contributed by atoms with van der Waals surface area (Å²) in [5.74, 6) is -5.02. The van der Waals surface area contributed by atoms with Crippen molar-refractivity contribution in [1.82, 2.24) is 0 Å². The predicted octanol–water partition coefficient (Wildman–Crippen LogP) is 3.20. The Morgan fingerprint density at radius 2 is 1.12 bits per heavy atom. The molecule has 8 nitrogen and oxygen atoms in total. The standard InChI is InChI=1S/C15H28O4.C3H4O4/c1-7-14(8-2,11(5)6)15(12(16)17,13(18)19)9-10(3)4;4-2(5)1-3(6)7/h10-11H,7-9H2,1-6H3,(H,16,17)(H,18,19);1H2,(H,4,5)(H,6,7). The van der Waals surface area contributed by atoms with Crippen molar-refractivity contribution in [3.05, 3.63) is 0 Å². The summed E-state index contributed by atoms with van der Waals surface area (Å²) < 4.78 is 0. The van der Waals surface area contributed by atoms with Gasteiger partial charge in [-0.25, -0.2) is 0 Å². The van der Waals surface area contributed by atoms with Gasteiger partial charge in [0.25, 0.3) is 0 Å². The third kappa shape index (κ3) is 6.00. The van der Waals surface area contributed by atoms with E-state index in [1.165, 1.54) is 0 Å². The summed E-state index contributed by atoms with van der Waals surface area (Å²) in [6, 6.07) is 0. The second-order valence-corrected chi connectivity index (χ2v) is 7.10. The quantitative estimate of drug-likeness (QED) is 0.425. The van der Waals surface area contributed by atoms with E-state index >= 15 is 0 Å². The maximum absolute atomic E-state index is 11.9. The van der Waals surface area contributed by atoms with E-state index in [0.29, 0.717) is 12.8 Å². The fourth-order valence-corrected chi connectivity index (χ4v) is 3.80. The summed E-state index contributed by atoms with van der Waals surface area (Å²) in [5, 5.41) is 34.8. The number of aliphatic carboxylic acids is 4. The van der Waals surface area contributed by atoms with Gasteiger partial charge in [0.15, 0.2) is 5.41 Å². The Balaban J connectivity index is 0. The van der Waals surface area contributed by atoms with Crippen LogP contribution in [0.15, 0.2) is 0 Å². The number of carbonyl (C=O) groups is 4. The van der Waals surface area contributed by atoms with Crippen LogP contribution in [0.1, 0.15) is 67.2 Å². The first-order valence-corrected chi connectivity index (χ1v) is 8.65. The molecular weight excluding hydrogens is 344 g/mol. The molecule has 0 saturated carbocycles. The van der Waals surface area contributed by atoms with Crippen molar-refractivity contribution in [2.75, 3.05) is 0 Å². The Labute approximate surface area is 154 Å². The number of hydrogen-bond acceptors (Lipinski definition) is 4. The molecular formula is C18H32O8. The Morgan fingerprint density at radius 3 is 1.23 bits per heavy atom. The molecule has 0 atom stereocenters. The molecule has 0 aromatic heterocycles. The lowest BCUT2D eigenvalue weighted by molar-refractivity contribution is -0.183. The van der Waals surface area contributed by atoms with Gasteiger partial charge in [0.1, 0.15) is 6.42 Å². The van der Waals surface area contributed by atoms with Crippen LogP contribution in [0.4, 0.5) is 0 Å². The molecule has 0 bridgehead atoms. The van der Waals surface area contributed by atoms with Gasteiger partial charge < -0.3 is 20.4 Å². The Kier molecular flexibility index (Phi) is 10.8. The third-order valence-electron chi connectivity index (χ3n) is 4.96. The lowest BCUT2D eigenvalue weighted by atomic mass is 9.53. The van der Waals surface area contributed by atoms with Gasteiger partial charge in [0, 0.05) is 0 Å². The minimum Gasteiger partial charge on any atom is -0.481 e. The van der Waals surface area contributed by atoms with Crippen molar-refractivity contribution in [3.8, 4) is 0 Å². The fourth-order valence-electron chi connectivity index (χ4n) is 3.80. The van der Waals surface area contributed by atoms with Crippen molar-refractivity contribution < 1.29 is 39.6 Å². The average molecular weight is 376 g/mol. The van der Waals surface area contributed by atoms with E-state index in [9.17, 15) is 29.4 Å². The SMILES string of the molecule is CCC(CC)(C(C)C)C(CC(C)C)(C(=O)O)C(=O)O.O=C(O)CC(=O)O. The van der Waals surface area contributed by atoms with E-state index in [1.54, 1.807) is 0 Å². The molecule has 4 N–H and O–H groups in total. The molecule has 0 unspecified atom stereocenters. The maximum atomic E-state index is 11.9. The van der Waals surface area contributed by atoms with E-state index in [0.717, 1.165) is 0 Å². The van der Waals surface area contributed by atoms with Gasteiger partial charge in [-0.15, -0.1) is 0 Å². The Morgan fingerprint density at radius 1 is 0.769 bits per heavy atom. The molecule has 152 valence electrons. The van der Waals surface area contributed by atoms with Gasteiger partial charge in [0.05, 0.1) is 0 Å². The van der Waals surface area contributed by atoms with Gasteiger partial charge in [-0.05, 0) is 36.5 Å². The maximum Gasteiger partial charge on any atom is 0.321 e. The van der Waals surface area contributed by atoms with Crippen LogP contribution < -0.4 is 0 Å². The highest BCUT2D eigenvalue weighted by Crippen LogP contribution is 2.54. The van der Waals surface area contributed by atoms with Gasteiger partial charge in [-0.1, -0.05) is 41.5 Å². The average Bonchev–Trinajstić information content (AvgIpc) is 2.45. The first-order valence-electron chi connectivity index (χ1n) is 8.65. The highest BCUT2D eigenvalue weighted by Gasteiger charge is 2.61. The van der Waals surface area contributed by atoms with Crippen molar-refractivity contribution in [3.63, 3.8) is 0 Å². The number of hydrogen-bond donors (Lipinski definition) is 4. The number of rotatable bonds is 10. The van der Waals surface area contributed by atoms with E-state index in [2.05, 4.69) is 0 Å². The first-order chi connectivity index (χ1) is 11.7. The van der Waals surface area contributed by atoms with Crippen LogP contribution in [-0.4, -0.2) is 44.3 Å². The summed E-state index contributed by atoms with van der Waals surface area (Å²) in [6.45, 7) is 11.4. The summed E-state index contributed by atoms with van der Waals surface area (Å²) in [6.07, 6.45) is 0.455. The number of carboxylic acids is 4. The summed E-state index contributed by atoms with van der Waals surface area (Å²) >= 11 is 0.